The first-order valence-electron chi connectivity index (χ1n) is 4.68. The number of carbonyl (C=O) groups is 1. The highest BCUT2D eigenvalue weighted by atomic mass is 16.1. The molecular formula is C10H15NO. The Labute approximate surface area is 73.0 Å². The van der Waals surface area contributed by atoms with Crippen molar-refractivity contribution in [2.24, 2.45) is 11.3 Å². The fraction of sp³-hybridized carbons (Fsp3) is 0.700. The van der Waals surface area contributed by atoms with Crippen LogP contribution in [0.2, 0.25) is 0 Å². The van der Waals surface area contributed by atoms with Crippen LogP contribution in [-0.4, -0.2) is 5.91 Å². The molecule has 2 heteroatoms. The Hall–Kier alpha value is -0.790. The molecular weight excluding hydrogens is 150 g/mol. The highest BCUT2D eigenvalue weighted by Gasteiger charge is 2.42. The molecule has 1 amide bonds. The number of allylic oxidation sites excluding steroid dienone is 1. The van der Waals surface area contributed by atoms with E-state index in [2.05, 4.69) is 18.3 Å². The van der Waals surface area contributed by atoms with E-state index < -0.39 is 0 Å². The van der Waals surface area contributed by atoms with Crippen LogP contribution in [0.15, 0.2) is 12.3 Å². The van der Waals surface area contributed by atoms with Crippen molar-refractivity contribution in [2.45, 2.75) is 32.6 Å². The molecule has 12 heavy (non-hydrogen) atoms. The monoisotopic (exact) mass is 165 g/mol. The van der Waals surface area contributed by atoms with Gasteiger partial charge < -0.3 is 5.32 Å². The Balaban J connectivity index is 2.27. The van der Waals surface area contributed by atoms with Gasteiger partial charge in [0.25, 0.3) is 0 Å². The Kier molecular flexibility index (Phi) is 1.71. The van der Waals surface area contributed by atoms with Gasteiger partial charge >= 0.3 is 0 Å². The first-order valence-corrected chi connectivity index (χ1v) is 4.68. The normalized spacial score (nSPS) is 40.4. The smallest absolute Gasteiger partial charge is 0.227 e. The van der Waals surface area contributed by atoms with Gasteiger partial charge in [-0.3, -0.25) is 4.79 Å². The highest BCUT2D eigenvalue weighted by molar-refractivity contribution is 5.81. The molecule has 1 aliphatic carbocycles. The number of rotatable bonds is 0. The van der Waals surface area contributed by atoms with E-state index in [1.807, 2.05) is 0 Å². The third-order valence-corrected chi connectivity index (χ3v) is 3.33. The summed E-state index contributed by atoms with van der Waals surface area (Å²) in [6.45, 7) is 2.24. The van der Waals surface area contributed by atoms with Crippen molar-refractivity contribution >= 4 is 5.91 Å². The molecule has 0 saturated heterocycles. The fourth-order valence-corrected chi connectivity index (χ4v) is 2.49. The minimum atomic E-state index is 0.226. The van der Waals surface area contributed by atoms with E-state index in [-0.39, 0.29) is 17.2 Å². The summed E-state index contributed by atoms with van der Waals surface area (Å²) < 4.78 is 0. The lowest BCUT2D eigenvalue weighted by Crippen LogP contribution is -2.32. The number of fused-ring (bicyclic) bond motifs is 1. The molecule has 0 aromatic rings. The van der Waals surface area contributed by atoms with Gasteiger partial charge in [0, 0.05) is 5.92 Å². The number of amides is 1. The molecule has 2 rings (SSSR count). The molecule has 0 aromatic heterocycles. The van der Waals surface area contributed by atoms with Gasteiger partial charge in [0.2, 0.25) is 5.91 Å². The minimum absolute atomic E-state index is 0.226. The average Bonchev–Trinajstić information content (AvgIpc) is 2.36. The van der Waals surface area contributed by atoms with E-state index in [0.29, 0.717) is 0 Å². The second kappa shape index (κ2) is 2.61. The second-order valence-electron chi connectivity index (χ2n) is 4.21. The van der Waals surface area contributed by atoms with E-state index in [0.717, 1.165) is 12.8 Å². The Morgan fingerprint density at radius 3 is 3.33 bits per heavy atom. The Morgan fingerprint density at radius 1 is 1.67 bits per heavy atom. The Bertz CT molecular complexity index is 234. The lowest BCUT2D eigenvalue weighted by molar-refractivity contribution is -0.126. The largest absolute Gasteiger partial charge is 0.333 e. The lowest BCUT2D eigenvalue weighted by Gasteiger charge is -2.27. The van der Waals surface area contributed by atoms with Crippen molar-refractivity contribution < 1.29 is 4.79 Å². The molecule has 1 aliphatic heterocycles. The zero-order valence-electron chi connectivity index (χ0n) is 7.47. The maximum Gasteiger partial charge on any atom is 0.227 e. The molecule has 0 aromatic carbocycles. The molecule has 1 saturated carbocycles. The van der Waals surface area contributed by atoms with Gasteiger partial charge in [-0.25, -0.2) is 0 Å². The van der Waals surface area contributed by atoms with Crippen molar-refractivity contribution in [3.8, 4) is 0 Å². The number of nitrogens with one attached hydrogen (secondary N) is 1. The summed E-state index contributed by atoms with van der Waals surface area (Å²) in [6, 6.07) is 0. The van der Waals surface area contributed by atoms with Crippen molar-refractivity contribution in [3.05, 3.63) is 12.3 Å². The van der Waals surface area contributed by atoms with Gasteiger partial charge in [0.05, 0.1) is 0 Å². The number of hydrogen-bond acceptors (Lipinski definition) is 1. The predicted molar refractivity (Wildman–Crippen MR) is 47.3 cm³/mol. The fourth-order valence-electron chi connectivity index (χ4n) is 2.49. The molecule has 1 heterocycles. The maximum atomic E-state index is 11.5. The van der Waals surface area contributed by atoms with Crippen LogP contribution < -0.4 is 5.32 Å². The summed E-state index contributed by atoms with van der Waals surface area (Å²) in [5.74, 6) is 0.483. The van der Waals surface area contributed by atoms with Crippen molar-refractivity contribution in [1.29, 1.82) is 0 Å². The second-order valence-corrected chi connectivity index (χ2v) is 4.21. The first kappa shape index (κ1) is 7.84. The topological polar surface area (TPSA) is 29.1 Å². The third kappa shape index (κ3) is 1.06. The molecule has 1 fully saturated rings. The van der Waals surface area contributed by atoms with Crippen LogP contribution in [0, 0.1) is 11.3 Å². The molecule has 0 bridgehead atoms. The van der Waals surface area contributed by atoms with Crippen LogP contribution in [0.4, 0.5) is 0 Å². The predicted octanol–water partition coefficient (Wildman–Crippen LogP) is 1.83. The molecule has 2 atom stereocenters. The van der Waals surface area contributed by atoms with Gasteiger partial charge in [-0.15, -0.1) is 0 Å². The van der Waals surface area contributed by atoms with Crippen LogP contribution in [0.3, 0.4) is 0 Å². The van der Waals surface area contributed by atoms with E-state index in [1.54, 1.807) is 6.20 Å². The molecule has 2 aliphatic rings. The summed E-state index contributed by atoms with van der Waals surface area (Å²) in [5.41, 5.74) is 0.247. The zero-order chi connectivity index (χ0) is 8.60. The van der Waals surface area contributed by atoms with Crippen molar-refractivity contribution in [3.63, 3.8) is 0 Å². The summed E-state index contributed by atoms with van der Waals surface area (Å²) in [7, 11) is 0. The highest BCUT2D eigenvalue weighted by Crippen LogP contribution is 2.46. The minimum Gasteiger partial charge on any atom is -0.333 e. The van der Waals surface area contributed by atoms with Crippen LogP contribution in [-0.2, 0) is 4.79 Å². The van der Waals surface area contributed by atoms with Crippen molar-refractivity contribution in [2.75, 3.05) is 0 Å². The molecule has 0 radical (unpaired) electrons. The SMILES string of the molecule is CC12CC=CNC(=O)C1CCC2. The summed E-state index contributed by atoms with van der Waals surface area (Å²) in [6.07, 6.45) is 8.42. The van der Waals surface area contributed by atoms with E-state index in [1.165, 1.54) is 12.8 Å². The zero-order valence-corrected chi connectivity index (χ0v) is 7.47. The Morgan fingerprint density at radius 2 is 2.50 bits per heavy atom. The van der Waals surface area contributed by atoms with Gasteiger partial charge in [-0.2, -0.15) is 0 Å². The summed E-state index contributed by atoms with van der Waals surface area (Å²) in [5, 5.41) is 2.82. The van der Waals surface area contributed by atoms with Crippen LogP contribution >= 0.6 is 0 Å². The average molecular weight is 165 g/mol. The summed E-state index contributed by atoms with van der Waals surface area (Å²) in [4.78, 5) is 11.5. The van der Waals surface area contributed by atoms with Gasteiger partial charge in [-0.05, 0) is 30.9 Å². The lowest BCUT2D eigenvalue weighted by atomic mass is 9.77. The first-order chi connectivity index (χ1) is 5.72. The van der Waals surface area contributed by atoms with Gasteiger partial charge in [0.15, 0.2) is 0 Å². The summed E-state index contributed by atoms with van der Waals surface area (Å²) >= 11 is 0. The van der Waals surface area contributed by atoms with Gasteiger partial charge in [0.1, 0.15) is 0 Å². The van der Waals surface area contributed by atoms with Crippen LogP contribution in [0.1, 0.15) is 32.6 Å². The number of hydrogen-bond donors (Lipinski definition) is 1. The molecule has 1 N–H and O–H groups in total. The van der Waals surface area contributed by atoms with E-state index in [4.69, 9.17) is 0 Å². The molecule has 66 valence electrons. The van der Waals surface area contributed by atoms with Gasteiger partial charge in [-0.1, -0.05) is 19.4 Å². The van der Waals surface area contributed by atoms with E-state index >= 15 is 0 Å². The number of carbonyl (C=O) groups excluding carboxylic acids is 1. The molecule has 0 spiro atoms. The third-order valence-electron chi connectivity index (χ3n) is 3.33. The molecule has 2 nitrogen and oxygen atoms in total. The van der Waals surface area contributed by atoms with E-state index in [9.17, 15) is 4.79 Å². The van der Waals surface area contributed by atoms with Crippen LogP contribution in [0.25, 0.3) is 0 Å². The maximum absolute atomic E-state index is 11.5. The molecule has 2 unspecified atom stereocenters. The van der Waals surface area contributed by atoms with Crippen LogP contribution in [0.5, 0.6) is 0 Å². The van der Waals surface area contributed by atoms with Crippen molar-refractivity contribution in [1.82, 2.24) is 5.32 Å². The quantitative estimate of drug-likeness (QED) is 0.583. The standard InChI is InChI=1S/C10H15NO/c1-10-5-2-4-8(10)9(12)11-7-3-6-10/h3,7-8H,2,4-6H2,1H3,(H,11,12).